The molecule has 146 valence electrons. The van der Waals surface area contributed by atoms with Gasteiger partial charge in [-0.05, 0) is 35.0 Å². The molecule has 0 aliphatic carbocycles. The van der Waals surface area contributed by atoms with Crippen LogP contribution in [0, 0.1) is 0 Å². The Hall–Kier alpha value is -3.32. The van der Waals surface area contributed by atoms with E-state index >= 15 is 0 Å². The second-order valence-corrected chi connectivity index (χ2v) is 6.85. The predicted molar refractivity (Wildman–Crippen MR) is 109 cm³/mol. The molecule has 0 bridgehead atoms. The van der Waals surface area contributed by atoms with E-state index in [1.807, 2.05) is 49.4 Å². The van der Waals surface area contributed by atoms with Crippen LogP contribution in [-0.2, 0) is 17.9 Å². The molecule has 0 amide bonds. The van der Waals surface area contributed by atoms with Crippen LogP contribution in [-0.4, -0.2) is 31.2 Å². The molecule has 0 radical (unpaired) electrons. The normalized spacial score (nSPS) is 11.0. The number of tetrazole rings is 1. The Balaban J connectivity index is 1.69. The van der Waals surface area contributed by atoms with Gasteiger partial charge in [0.1, 0.15) is 0 Å². The largest absolute Gasteiger partial charge is 0.454 e. The Labute approximate surface area is 172 Å². The van der Waals surface area contributed by atoms with E-state index in [-0.39, 0.29) is 6.61 Å². The van der Waals surface area contributed by atoms with E-state index in [1.165, 1.54) is 0 Å². The number of benzene rings is 2. The van der Waals surface area contributed by atoms with Gasteiger partial charge < -0.3 is 4.74 Å². The fraction of sp³-hybridized carbons (Fsp3) is 0.190. The lowest BCUT2D eigenvalue weighted by atomic mass is 10.0. The molecule has 4 rings (SSSR count). The summed E-state index contributed by atoms with van der Waals surface area (Å²) in [7, 11) is 0. The minimum Gasteiger partial charge on any atom is -0.454 e. The number of pyridine rings is 1. The van der Waals surface area contributed by atoms with Gasteiger partial charge in [-0.2, -0.15) is 0 Å². The van der Waals surface area contributed by atoms with Crippen LogP contribution in [0.3, 0.4) is 0 Å². The molecule has 0 aliphatic rings. The maximum Gasteiger partial charge on any atom is 0.339 e. The highest BCUT2D eigenvalue weighted by atomic mass is 35.5. The Morgan fingerprint density at radius 1 is 1.14 bits per heavy atom. The highest BCUT2D eigenvalue weighted by Gasteiger charge is 2.17. The van der Waals surface area contributed by atoms with Gasteiger partial charge in [-0.3, -0.25) is 0 Å². The molecule has 0 aliphatic heterocycles. The zero-order valence-electron chi connectivity index (χ0n) is 15.7. The van der Waals surface area contributed by atoms with Crippen molar-refractivity contribution < 1.29 is 9.53 Å². The number of carbonyl (C=O) groups is 1. The molecule has 7 nitrogen and oxygen atoms in total. The van der Waals surface area contributed by atoms with Crippen molar-refractivity contribution in [1.82, 2.24) is 25.2 Å². The van der Waals surface area contributed by atoms with Crippen LogP contribution in [0.5, 0.6) is 0 Å². The quantitative estimate of drug-likeness (QED) is 0.443. The van der Waals surface area contributed by atoms with Crippen LogP contribution < -0.4 is 0 Å². The van der Waals surface area contributed by atoms with E-state index < -0.39 is 5.97 Å². The summed E-state index contributed by atoms with van der Waals surface area (Å²) in [6, 6.07) is 16.5. The van der Waals surface area contributed by atoms with Gasteiger partial charge in [0.25, 0.3) is 0 Å². The van der Waals surface area contributed by atoms with Gasteiger partial charge in [0.15, 0.2) is 12.4 Å². The molecule has 0 unspecified atom stereocenters. The monoisotopic (exact) mass is 407 g/mol. The zero-order valence-corrected chi connectivity index (χ0v) is 16.5. The molecule has 0 saturated carbocycles. The van der Waals surface area contributed by atoms with E-state index in [2.05, 4.69) is 20.5 Å². The van der Waals surface area contributed by atoms with E-state index in [0.717, 1.165) is 12.0 Å². The van der Waals surface area contributed by atoms with Crippen molar-refractivity contribution in [2.24, 2.45) is 0 Å². The number of esters is 1. The van der Waals surface area contributed by atoms with Crippen molar-refractivity contribution in [2.45, 2.75) is 26.5 Å². The number of aromatic nitrogens is 5. The third-order valence-electron chi connectivity index (χ3n) is 4.46. The van der Waals surface area contributed by atoms with Crippen LogP contribution in [0.25, 0.3) is 22.2 Å². The average Bonchev–Trinajstić information content (AvgIpc) is 3.19. The van der Waals surface area contributed by atoms with Crippen LogP contribution in [0.2, 0.25) is 5.02 Å². The van der Waals surface area contributed by atoms with Crippen molar-refractivity contribution in [3.8, 4) is 11.3 Å². The number of rotatable bonds is 6. The molecule has 0 fully saturated rings. The van der Waals surface area contributed by atoms with Crippen LogP contribution >= 0.6 is 11.6 Å². The highest BCUT2D eigenvalue weighted by Crippen LogP contribution is 2.30. The second-order valence-electron chi connectivity index (χ2n) is 6.45. The summed E-state index contributed by atoms with van der Waals surface area (Å²) in [6.07, 6.45) is 0.877. The molecule has 0 atom stereocenters. The Kier molecular flexibility index (Phi) is 5.48. The Morgan fingerprint density at radius 2 is 1.93 bits per heavy atom. The summed E-state index contributed by atoms with van der Waals surface area (Å²) < 4.78 is 7.16. The number of aryl methyl sites for hydroxylation is 1. The van der Waals surface area contributed by atoms with E-state index in [1.54, 1.807) is 16.8 Å². The van der Waals surface area contributed by atoms with Crippen LogP contribution in [0.15, 0.2) is 54.6 Å². The molecular formula is C21H18ClN5O2. The molecule has 4 aromatic rings. The first kappa shape index (κ1) is 19.0. The summed E-state index contributed by atoms with van der Waals surface area (Å²) in [5.74, 6) is 0.0350. The topological polar surface area (TPSA) is 82.8 Å². The molecule has 2 aromatic carbocycles. The summed E-state index contributed by atoms with van der Waals surface area (Å²) >= 11 is 6.34. The molecule has 8 heteroatoms. The van der Waals surface area contributed by atoms with E-state index in [4.69, 9.17) is 16.3 Å². The lowest BCUT2D eigenvalue weighted by Gasteiger charge is -2.11. The number of para-hydroxylation sites is 1. The van der Waals surface area contributed by atoms with Gasteiger partial charge in [0.05, 0.1) is 16.8 Å². The zero-order chi connectivity index (χ0) is 20.2. The minimum absolute atomic E-state index is 0.0100. The van der Waals surface area contributed by atoms with Gasteiger partial charge in [-0.15, -0.1) is 5.10 Å². The standard InChI is InChI=1S/C21H18ClN5O2/c1-2-11-27-20(24-25-26-27)13-29-21(28)16-12-19(15-8-3-5-9-17(15)22)23-18-10-6-4-7-14(16)18/h3-10,12H,2,11,13H2,1H3. The molecule has 2 aromatic heterocycles. The number of ether oxygens (including phenoxy) is 1. The number of carbonyl (C=O) groups excluding carboxylic acids is 1. The van der Waals surface area contributed by atoms with Crippen LogP contribution in [0.4, 0.5) is 0 Å². The van der Waals surface area contributed by atoms with Crippen molar-refractivity contribution in [1.29, 1.82) is 0 Å². The van der Waals surface area contributed by atoms with E-state index in [0.29, 0.717) is 39.6 Å². The molecule has 0 spiro atoms. The first-order valence-corrected chi connectivity index (χ1v) is 9.62. The second kappa shape index (κ2) is 8.36. The van der Waals surface area contributed by atoms with Gasteiger partial charge in [0, 0.05) is 22.5 Å². The summed E-state index contributed by atoms with van der Waals surface area (Å²) in [4.78, 5) is 17.6. The average molecular weight is 408 g/mol. The number of hydrogen-bond acceptors (Lipinski definition) is 6. The first-order valence-electron chi connectivity index (χ1n) is 9.24. The van der Waals surface area contributed by atoms with Crippen molar-refractivity contribution in [3.63, 3.8) is 0 Å². The molecule has 29 heavy (non-hydrogen) atoms. The maximum atomic E-state index is 12.9. The lowest BCUT2D eigenvalue weighted by Crippen LogP contribution is -2.11. The smallest absolute Gasteiger partial charge is 0.339 e. The van der Waals surface area contributed by atoms with Gasteiger partial charge in [-0.1, -0.05) is 54.9 Å². The fourth-order valence-electron chi connectivity index (χ4n) is 3.07. The van der Waals surface area contributed by atoms with Gasteiger partial charge >= 0.3 is 5.97 Å². The number of hydrogen-bond donors (Lipinski definition) is 0. The van der Waals surface area contributed by atoms with Crippen molar-refractivity contribution >= 4 is 28.5 Å². The molecule has 0 saturated heterocycles. The summed E-state index contributed by atoms with van der Waals surface area (Å²) in [5.41, 5.74) is 2.46. The fourth-order valence-corrected chi connectivity index (χ4v) is 3.30. The van der Waals surface area contributed by atoms with Gasteiger partial charge in [0.2, 0.25) is 0 Å². The first-order chi connectivity index (χ1) is 14.2. The summed E-state index contributed by atoms with van der Waals surface area (Å²) in [5, 5.41) is 12.8. The number of nitrogens with zero attached hydrogens (tertiary/aromatic N) is 5. The third-order valence-corrected chi connectivity index (χ3v) is 4.79. The van der Waals surface area contributed by atoms with Crippen LogP contribution in [0.1, 0.15) is 29.5 Å². The Bertz CT molecular complexity index is 1170. The number of fused-ring (bicyclic) bond motifs is 1. The van der Waals surface area contributed by atoms with Crippen molar-refractivity contribution in [3.05, 3.63) is 71.0 Å². The highest BCUT2D eigenvalue weighted by molar-refractivity contribution is 6.33. The third kappa shape index (κ3) is 3.95. The SMILES string of the molecule is CCCn1nnnc1COC(=O)c1cc(-c2ccccc2Cl)nc2ccccc12. The minimum atomic E-state index is -0.469. The van der Waals surface area contributed by atoms with Gasteiger partial charge in [-0.25, -0.2) is 14.5 Å². The molecule has 0 N–H and O–H groups in total. The lowest BCUT2D eigenvalue weighted by molar-refractivity contribution is 0.0458. The summed E-state index contributed by atoms with van der Waals surface area (Å²) in [6.45, 7) is 2.68. The predicted octanol–water partition coefficient (Wildman–Crippen LogP) is 4.31. The number of halogens is 1. The van der Waals surface area contributed by atoms with Crippen molar-refractivity contribution in [2.75, 3.05) is 0 Å². The molecule has 2 heterocycles. The Morgan fingerprint density at radius 3 is 2.76 bits per heavy atom. The van der Waals surface area contributed by atoms with E-state index in [9.17, 15) is 4.79 Å². The maximum absolute atomic E-state index is 12.9. The molecular weight excluding hydrogens is 390 g/mol.